The van der Waals surface area contributed by atoms with Gasteiger partial charge < -0.3 is 0 Å². The van der Waals surface area contributed by atoms with Crippen LogP contribution in [0.1, 0.15) is 31.9 Å². The minimum Gasteiger partial charge on any atom is -0.285 e. The summed E-state index contributed by atoms with van der Waals surface area (Å²) in [4.78, 5) is 16.1. The maximum atomic E-state index is 12.9. The van der Waals surface area contributed by atoms with Gasteiger partial charge in [-0.1, -0.05) is 30.8 Å². The van der Waals surface area contributed by atoms with E-state index in [1.807, 2.05) is 13.0 Å². The number of halogens is 1. The average molecular weight is 292 g/mol. The molecule has 3 nitrogen and oxygen atoms in total. The van der Waals surface area contributed by atoms with Crippen molar-refractivity contribution < 1.29 is 9.18 Å². The molecule has 0 bridgehead atoms. The fraction of sp³-hybridized carbons (Fsp3) is 0.400. The van der Waals surface area contributed by atoms with Crippen molar-refractivity contribution in [1.29, 1.82) is 5.26 Å². The molecule has 0 N–H and O–H groups in total. The van der Waals surface area contributed by atoms with Gasteiger partial charge in [0.15, 0.2) is 5.92 Å². The molecule has 2 atom stereocenters. The highest BCUT2D eigenvalue weighted by Crippen LogP contribution is 2.23. The van der Waals surface area contributed by atoms with Crippen LogP contribution < -0.4 is 0 Å². The molecule has 0 heterocycles. The SMILES string of the molecule is CCC(N=C(C)C(C#N)C(=O)SC)c1ccc(F)cc1. The van der Waals surface area contributed by atoms with Crippen molar-refractivity contribution in [2.45, 2.75) is 26.3 Å². The third-order valence-corrected chi connectivity index (χ3v) is 3.62. The van der Waals surface area contributed by atoms with Gasteiger partial charge in [0.25, 0.3) is 0 Å². The molecule has 20 heavy (non-hydrogen) atoms. The number of rotatable bonds is 5. The van der Waals surface area contributed by atoms with Gasteiger partial charge in [-0.2, -0.15) is 5.26 Å². The van der Waals surface area contributed by atoms with Gasteiger partial charge in [-0.15, -0.1) is 0 Å². The molecule has 0 aliphatic rings. The first-order valence-electron chi connectivity index (χ1n) is 6.30. The van der Waals surface area contributed by atoms with Crippen LogP contribution in [0.15, 0.2) is 29.3 Å². The zero-order chi connectivity index (χ0) is 15.1. The Labute approximate surface area is 122 Å². The summed E-state index contributed by atoms with van der Waals surface area (Å²) in [7, 11) is 0. The Hall–Kier alpha value is -1.67. The highest BCUT2D eigenvalue weighted by Gasteiger charge is 2.21. The second-order valence-electron chi connectivity index (χ2n) is 4.33. The Balaban J connectivity index is 3.01. The molecule has 0 aliphatic carbocycles. The van der Waals surface area contributed by atoms with Crippen LogP contribution in [0.25, 0.3) is 0 Å². The van der Waals surface area contributed by atoms with Crippen LogP contribution in [0.5, 0.6) is 0 Å². The van der Waals surface area contributed by atoms with Crippen molar-refractivity contribution in [2.24, 2.45) is 10.9 Å². The minimum atomic E-state index is -0.820. The lowest BCUT2D eigenvalue weighted by Gasteiger charge is -2.14. The number of aliphatic imine (C=N–C) groups is 1. The van der Waals surface area contributed by atoms with Gasteiger partial charge in [-0.25, -0.2) is 4.39 Å². The number of carbonyl (C=O) groups is 1. The average Bonchev–Trinajstić information content (AvgIpc) is 2.46. The number of thioether (sulfide) groups is 1. The van der Waals surface area contributed by atoms with Crippen LogP contribution >= 0.6 is 11.8 Å². The first-order chi connectivity index (χ1) is 9.53. The molecule has 0 aromatic heterocycles. The van der Waals surface area contributed by atoms with Crippen LogP contribution in [-0.4, -0.2) is 17.1 Å². The third kappa shape index (κ3) is 4.17. The minimum absolute atomic E-state index is 0.166. The van der Waals surface area contributed by atoms with Crippen molar-refractivity contribution in [3.8, 4) is 6.07 Å². The Morgan fingerprint density at radius 1 is 1.45 bits per heavy atom. The number of nitriles is 1. The van der Waals surface area contributed by atoms with Gasteiger partial charge in [0.05, 0.1) is 12.1 Å². The molecular formula is C15H17FN2OS. The molecule has 106 valence electrons. The number of nitrogens with zero attached hydrogens (tertiary/aromatic N) is 2. The van der Waals surface area contributed by atoms with E-state index >= 15 is 0 Å². The lowest BCUT2D eigenvalue weighted by Crippen LogP contribution is -2.18. The number of benzene rings is 1. The molecule has 5 heteroatoms. The van der Waals surface area contributed by atoms with Gasteiger partial charge in [0.2, 0.25) is 5.12 Å². The molecule has 0 spiro atoms. The van der Waals surface area contributed by atoms with Crippen LogP contribution in [0.3, 0.4) is 0 Å². The standard InChI is InChI=1S/C15H17FN2OS/c1-4-14(11-5-7-12(16)8-6-11)18-10(2)13(9-17)15(19)20-3/h5-8,13-14H,4H2,1-3H3. The zero-order valence-corrected chi connectivity index (χ0v) is 12.6. The Morgan fingerprint density at radius 2 is 2.05 bits per heavy atom. The van der Waals surface area contributed by atoms with E-state index in [-0.39, 0.29) is 17.0 Å². The van der Waals surface area contributed by atoms with Gasteiger partial charge in [0, 0.05) is 5.71 Å². The summed E-state index contributed by atoms with van der Waals surface area (Å²) in [6, 6.07) is 7.95. The lowest BCUT2D eigenvalue weighted by molar-refractivity contribution is -0.111. The van der Waals surface area contributed by atoms with E-state index in [9.17, 15) is 9.18 Å². The molecule has 1 rings (SSSR count). The first kappa shape index (κ1) is 16.4. The van der Waals surface area contributed by atoms with Crippen molar-refractivity contribution in [2.75, 3.05) is 6.26 Å². The normalized spacial score (nSPS) is 14.4. The molecule has 0 radical (unpaired) electrons. The maximum absolute atomic E-state index is 12.9. The summed E-state index contributed by atoms with van der Waals surface area (Å²) in [6.45, 7) is 3.65. The van der Waals surface area contributed by atoms with Crippen molar-refractivity contribution in [3.63, 3.8) is 0 Å². The Bertz CT molecular complexity index is 534. The summed E-state index contributed by atoms with van der Waals surface area (Å²) >= 11 is 1.03. The van der Waals surface area contributed by atoms with E-state index in [2.05, 4.69) is 4.99 Å². The molecule has 0 amide bonds. The van der Waals surface area contributed by atoms with Crippen LogP contribution in [-0.2, 0) is 4.79 Å². The fourth-order valence-corrected chi connectivity index (χ4v) is 2.30. The zero-order valence-electron chi connectivity index (χ0n) is 11.8. The lowest BCUT2D eigenvalue weighted by atomic mass is 10.0. The topological polar surface area (TPSA) is 53.2 Å². The van der Waals surface area contributed by atoms with E-state index in [4.69, 9.17) is 5.26 Å². The monoisotopic (exact) mass is 292 g/mol. The number of hydrogen-bond acceptors (Lipinski definition) is 4. The summed E-state index contributed by atoms with van der Waals surface area (Å²) in [6.07, 6.45) is 2.37. The predicted molar refractivity (Wildman–Crippen MR) is 80.2 cm³/mol. The van der Waals surface area contributed by atoms with E-state index in [1.165, 1.54) is 12.1 Å². The van der Waals surface area contributed by atoms with Crippen molar-refractivity contribution >= 4 is 22.6 Å². The third-order valence-electron chi connectivity index (χ3n) is 2.98. The molecular weight excluding hydrogens is 275 g/mol. The van der Waals surface area contributed by atoms with E-state index in [0.29, 0.717) is 12.1 Å². The maximum Gasteiger partial charge on any atom is 0.211 e. The summed E-state index contributed by atoms with van der Waals surface area (Å²) < 4.78 is 12.9. The molecule has 2 unspecified atom stereocenters. The van der Waals surface area contributed by atoms with Crippen LogP contribution in [0.2, 0.25) is 0 Å². The largest absolute Gasteiger partial charge is 0.285 e. The van der Waals surface area contributed by atoms with E-state index in [1.54, 1.807) is 25.3 Å². The fourth-order valence-electron chi connectivity index (χ4n) is 1.84. The first-order valence-corrected chi connectivity index (χ1v) is 7.53. The van der Waals surface area contributed by atoms with Crippen LogP contribution in [0.4, 0.5) is 4.39 Å². The van der Waals surface area contributed by atoms with E-state index < -0.39 is 5.92 Å². The number of carbonyl (C=O) groups excluding carboxylic acids is 1. The number of hydrogen-bond donors (Lipinski definition) is 0. The quantitative estimate of drug-likeness (QED) is 0.776. The van der Waals surface area contributed by atoms with Gasteiger partial charge in [-0.05, 0) is 37.3 Å². The van der Waals surface area contributed by atoms with Crippen molar-refractivity contribution in [3.05, 3.63) is 35.6 Å². The highest BCUT2D eigenvalue weighted by atomic mass is 32.2. The Morgan fingerprint density at radius 3 is 2.50 bits per heavy atom. The molecule has 1 aromatic carbocycles. The van der Waals surface area contributed by atoms with Crippen molar-refractivity contribution in [1.82, 2.24) is 0 Å². The second kappa shape index (κ2) is 7.81. The highest BCUT2D eigenvalue weighted by molar-refractivity contribution is 8.13. The molecule has 1 aromatic rings. The predicted octanol–water partition coefficient (Wildman–Crippen LogP) is 3.77. The second-order valence-corrected chi connectivity index (χ2v) is 5.14. The molecule has 0 saturated heterocycles. The van der Waals surface area contributed by atoms with Gasteiger partial charge in [-0.3, -0.25) is 9.79 Å². The van der Waals surface area contributed by atoms with Gasteiger partial charge in [0.1, 0.15) is 5.82 Å². The van der Waals surface area contributed by atoms with E-state index in [0.717, 1.165) is 17.3 Å². The molecule has 0 aliphatic heterocycles. The molecule has 0 saturated carbocycles. The van der Waals surface area contributed by atoms with Gasteiger partial charge >= 0.3 is 0 Å². The van der Waals surface area contributed by atoms with Crippen LogP contribution in [0, 0.1) is 23.1 Å². The summed E-state index contributed by atoms with van der Waals surface area (Å²) in [5, 5.41) is 8.87. The smallest absolute Gasteiger partial charge is 0.211 e. The summed E-state index contributed by atoms with van der Waals surface area (Å²) in [5.41, 5.74) is 1.38. The molecule has 0 fully saturated rings. The Kier molecular flexibility index (Phi) is 6.40. The summed E-state index contributed by atoms with van der Waals surface area (Å²) in [5.74, 6) is -1.11.